The third kappa shape index (κ3) is 2.41. The van der Waals surface area contributed by atoms with Crippen molar-refractivity contribution in [1.82, 2.24) is 0 Å². The van der Waals surface area contributed by atoms with E-state index in [9.17, 15) is 14.0 Å². The molecular weight excluding hydrogens is 338 g/mol. The second-order valence-corrected chi connectivity index (χ2v) is 5.07. The molecule has 0 bridgehead atoms. The largest absolute Gasteiger partial charge is 0.369 e. The molecule has 1 unspecified atom stereocenters. The quantitative estimate of drug-likeness (QED) is 0.819. The Balaban J connectivity index is 2.26. The fourth-order valence-corrected chi connectivity index (χ4v) is 2.14. The Kier molecular flexibility index (Phi) is 3.32. The maximum Gasteiger partial charge on any atom is 0.227 e. The van der Waals surface area contributed by atoms with E-state index in [0.29, 0.717) is 9.26 Å². The Morgan fingerprint density at radius 2 is 2.24 bits per heavy atom. The number of primary amides is 1. The van der Waals surface area contributed by atoms with Crippen LogP contribution in [-0.4, -0.2) is 18.4 Å². The van der Waals surface area contributed by atoms with Crippen molar-refractivity contribution in [2.24, 2.45) is 11.7 Å². The van der Waals surface area contributed by atoms with Gasteiger partial charge in [-0.2, -0.15) is 0 Å². The summed E-state index contributed by atoms with van der Waals surface area (Å²) in [4.78, 5) is 24.1. The lowest BCUT2D eigenvalue weighted by Crippen LogP contribution is -2.28. The summed E-state index contributed by atoms with van der Waals surface area (Å²) in [6.45, 7) is 0.230. The van der Waals surface area contributed by atoms with Crippen molar-refractivity contribution in [2.45, 2.75) is 6.42 Å². The Labute approximate surface area is 111 Å². The molecule has 0 aromatic heterocycles. The lowest BCUT2D eigenvalue weighted by molar-refractivity contribution is -0.123. The predicted molar refractivity (Wildman–Crippen MR) is 68.8 cm³/mol. The smallest absolute Gasteiger partial charge is 0.227 e. The van der Waals surface area contributed by atoms with Crippen molar-refractivity contribution in [3.05, 3.63) is 27.6 Å². The first kappa shape index (κ1) is 12.3. The minimum absolute atomic E-state index is 0.100. The Morgan fingerprint density at radius 3 is 2.76 bits per heavy atom. The van der Waals surface area contributed by atoms with Crippen molar-refractivity contribution < 1.29 is 14.0 Å². The van der Waals surface area contributed by atoms with Gasteiger partial charge in [0.25, 0.3) is 0 Å². The SMILES string of the molecule is NC(=O)C1CC(=O)N(c2ccc(I)c(F)c2)C1. The molecule has 2 amide bonds. The topological polar surface area (TPSA) is 63.4 Å². The summed E-state index contributed by atoms with van der Waals surface area (Å²) >= 11 is 1.87. The zero-order valence-corrected chi connectivity index (χ0v) is 11.0. The second-order valence-electron chi connectivity index (χ2n) is 3.91. The molecule has 2 N–H and O–H groups in total. The van der Waals surface area contributed by atoms with Crippen LogP contribution in [0.2, 0.25) is 0 Å². The Morgan fingerprint density at radius 1 is 1.53 bits per heavy atom. The average molecular weight is 348 g/mol. The van der Waals surface area contributed by atoms with Gasteiger partial charge in [-0.1, -0.05) is 0 Å². The Bertz CT molecular complexity index is 492. The standard InChI is InChI=1S/C11H10FIN2O2/c12-8-4-7(1-2-9(8)13)15-5-6(11(14)17)3-10(15)16/h1-2,4,6H,3,5H2,(H2,14,17). The van der Waals surface area contributed by atoms with Gasteiger partial charge in [-0.3, -0.25) is 9.59 Å². The molecule has 6 heteroatoms. The predicted octanol–water partition coefficient (Wildman–Crippen LogP) is 1.27. The molecule has 1 saturated heterocycles. The Hall–Kier alpha value is -1.18. The van der Waals surface area contributed by atoms with Crippen molar-refractivity contribution in [3.63, 3.8) is 0 Å². The first-order valence-electron chi connectivity index (χ1n) is 5.04. The van der Waals surface area contributed by atoms with Crippen LogP contribution in [0.25, 0.3) is 0 Å². The number of anilines is 1. The number of carbonyl (C=O) groups is 2. The van der Waals surface area contributed by atoms with E-state index in [1.807, 2.05) is 22.6 Å². The van der Waals surface area contributed by atoms with Gasteiger partial charge in [0, 0.05) is 22.2 Å². The molecule has 17 heavy (non-hydrogen) atoms. The number of halogens is 2. The van der Waals surface area contributed by atoms with Crippen LogP contribution in [0.1, 0.15) is 6.42 Å². The van der Waals surface area contributed by atoms with Gasteiger partial charge in [0.15, 0.2) is 0 Å². The lowest BCUT2D eigenvalue weighted by Gasteiger charge is -2.16. The molecule has 1 aliphatic rings. The molecule has 90 valence electrons. The minimum Gasteiger partial charge on any atom is -0.369 e. The fraction of sp³-hybridized carbons (Fsp3) is 0.273. The number of hydrogen-bond donors (Lipinski definition) is 1. The number of benzene rings is 1. The van der Waals surface area contributed by atoms with E-state index in [2.05, 4.69) is 0 Å². The number of hydrogen-bond acceptors (Lipinski definition) is 2. The van der Waals surface area contributed by atoms with Crippen LogP contribution in [-0.2, 0) is 9.59 Å². The molecule has 1 heterocycles. The third-order valence-corrected chi connectivity index (χ3v) is 3.62. The first-order chi connectivity index (χ1) is 7.99. The van der Waals surface area contributed by atoms with Crippen LogP contribution < -0.4 is 10.6 Å². The highest BCUT2D eigenvalue weighted by atomic mass is 127. The molecule has 0 spiro atoms. The number of nitrogens with zero attached hydrogens (tertiary/aromatic N) is 1. The van der Waals surface area contributed by atoms with Crippen LogP contribution in [0.3, 0.4) is 0 Å². The highest BCUT2D eigenvalue weighted by Gasteiger charge is 2.34. The summed E-state index contributed by atoms with van der Waals surface area (Å²) in [6.07, 6.45) is 0.100. The van der Waals surface area contributed by atoms with Crippen molar-refractivity contribution in [3.8, 4) is 0 Å². The van der Waals surface area contributed by atoms with Gasteiger partial charge in [-0.25, -0.2) is 4.39 Å². The van der Waals surface area contributed by atoms with Gasteiger partial charge in [-0.05, 0) is 40.8 Å². The summed E-state index contributed by atoms with van der Waals surface area (Å²) < 4.78 is 13.9. The molecule has 1 aromatic carbocycles. The summed E-state index contributed by atoms with van der Waals surface area (Å²) in [5, 5.41) is 0. The van der Waals surface area contributed by atoms with E-state index < -0.39 is 11.8 Å². The highest BCUT2D eigenvalue weighted by molar-refractivity contribution is 14.1. The van der Waals surface area contributed by atoms with E-state index >= 15 is 0 Å². The van der Waals surface area contributed by atoms with Crippen molar-refractivity contribution in [1.29, 1.82) is 0 Å². The molecule has 4 nitrogen and oxygen atoms in total. The maximum atomic E-state index is 13.4. The van der Waals surface area contributed by atoms with Crippen LogP contribution >= 0.6 is 22.6 Å². The molecule has 1 aliphatic heterocycles. The van der Waals surface area contributed by atoms with Crippen LogP contribution in [0.4, 0.5) is 10.1 Å². The third-order valence-electron chi connectivity index (χ3n) is 2.74. The highest BCUT2D eigenvalue weighted by Crippen LogP contribution is 2.26. The average Bonchev–Trinajstić information content (AvgIpc) is 2.65. The zero-order valence-electron chi connectivity index (χ0n) is 8.82. The van der Waals surface area contributed by atoms with Crippen molar-refractivity contribution in [2.75, 3.05) is 11.4 Å². The van der Waals surface area contributed by atoms with Crippen LogP contribution in [0.15, 0.2) is 18.2 Å². The van der Waals surface area contributed by atoms with E-state index in [-0.39, 0.29) is 24.7 Å². The van der Waals surface area contributed by atoms with Gasteiger partial charge >= 0.3 is 0 Å². The van der Waals surface area contributed by atoms with E-state index in [1.165, 1.54) is 11.0 Å². The molecule has 1 atom stereocenters. The molecule has 1 aromatic rings. The monoisotopic (exact) mass is 348 g/mol. The van der Waals surface area contributed by atoms with Gasteiger partial charge < -0.3 is 10.6 Å². The lowest BCUT2D eigenvalue weighted by atomic mass is 10.1. The molecular formula is C11H10FIN2O2. The summed E-state index contributed by atoms with van der Waals surface area (Å²) in [6, 6.07) is 4.55. The van der Waals surface area contributed by atoms with Gasteiger partial charge in [-0.15, -0.1) is 0 Å². The second kappa shape index (κ2) is 4.59. The zero-order chi connectivity index (χ0) is 12.6. The molecule has 2 rings (SSSR count). The summed E-state index contributed by atoms with van der Waals surface area (Å²) in [5.41, 5.74) is 5.63. The fourth-order valence-electron chi connectivity index (χ4n) is 1.80. The van der Waals surface area contributed by atoms with Gasteiger partial charge in [0.05, 0.1) is 5.92 Å². The van der Waals surface area contributed by atoms with E-state index in [0.717, 1.165) is 0 Å². The number of amides is 2. The molecule has 1 fully saturated rings. The van der Waals surface area contributed by atoms with Gasteiger partial charge in [0.1, 0.15) is 5.82 Å². The molecule has 0 saturated carbocycles. The normalized spacial score (nSPS) is 19.8. The molecule has 0 radical (unpaired) electrons. The van der Waals surface area contributed by atoms with Crippen molar-refractivity contribution >= 4 is 40.1 Å². The maximum absolute atomic E-state index is 13.4. The number of carbonyl (C=O) groups excluding carboxylic acids is 2. The van der Waals surface area contributed by atoms with E-state index in [4.69, 9.17) is 5.73 Å². The van der Waals surface area contributed by atoms with Gasteiger partial charge in [0.2, 0.25) is 11.8 Å². The number of rotatable bonds is 2. The first-order valence-corrected chi connectivity index (χ1v) is 6.11. The molecule has 0 aliphatic carbocycles. The minimum atomic E-state index is -0.494. The van der Waals surface area contributed by atoms with Crippen LogP contribution in [0.5, 0.6) is 0 Å². The van der Waals surface area contributed by atoms with E-state index in [1.54, 1.807) is 12.1 Å². The number of nitrogens with two attached hydrogens (primary N) is 1. The summed E-state index contributed by atoms with van der Waals surface area (Å²) in [7, 11) is 0. The van der Waals surface area contributed by atoms with Crippen LogP contribution in [0, 0.1) is 15.3 Å². The summed E-state index contributed by atoms with van der Waals surface area (Å²) in [5.74, 6) is -1.55.